The summed E-state index contributed by atoms with van der Waals surface area (Å²) in [6, 6.07) is 21.4. The molecule has 3 aliphatic rings. The molecule has 4 heterocycles. The highest BCUT2D eigenvalue weighted by Crippen LogP contribution is 2.31. The molecular formula is C31H33N5O4. The van der Waals surface area contributed by atoms with E-state index in [1.807, 2.05) is 54.7 Å². The average molecular weight is 540 g/mol. The highest BCUT2D eigenvalue weighted by Gasteiger charge is 2.39. The van der Waals surface area contributed by atoms with E-state index in [2.05, 4.69) is 32.7 Å². The highest BCUT2D eigenvalue weighted by atomic mass is 16.5. The Kier molecular flexibility index (Phi) is 7.57. The van der Waals surface area contributed by atoms with Crippen molar-refractivity contribution in [3.63, 3.8) is 0 Å². The molecule has 0 saturated carbocycles. The number of imide groups is 1. The van der Waals surface area contributed by atoms with Crippen LogP contribution in [0.2, 0.25) is 0 Å². The average Bonchev–Trinajstić information content (AvgIpc) is 3.29. The molecule has 2 aromatic carbocycles. The predicted octanol–water partition coefficient (Wildman–Crippen LogP) is 2.65. The van der Waals surface area contributed by atoms with Crippen molar-refractivity contribution < 1.29 is 19.1 Å². The normalized spacial score (nSPS) is 23.1. The summed E-state index contributed by atoms with van der Waals surface area (Å²) in [6.45, 7) is 3.50. The minimum Gasteiger partial charge on any atom is -0.487 e. The summed E-state index contributed by atoms with van der Waals surface area (Å²) >= 11 is 0. The van der Waals surface area contributed by atoms with Crippen LogP contribution >= 0.6 is 0 Å². The molecule has 2 fully saturated rings. The maximum absolute atomic E-state index is 13.1. The second-order valence-electron chi connectivity index (χ2n) is 10.7. The quantitative estimate of drug-likeness (QED) is 0.424. The Balaban J connectivity index is 1.17. The fourth-order valence-corrected chi connectivity index (χ4v) is 5.84. The number of hydrogen-bond acceptors (Lipinski definition) is 7. The van der Waals surface area contributed by atoms with Gasteiger partial charge < -0.3 is 15.0 Å². The minimum absolute atomic E-state index is 0.109. The minimum atomic E-state index is -0.632. The van der Waals surface area contributed by atoms with Crippen LogP contribution in [0.4, 0.5) is 0 Å². The lowest BCUT2D eigenvalue weighted by Gasteiger charge is -2.39. The van der Waals surface area contributed by atoms with Crippen LogP contribution in [0.1, 0.15) is 46.4 Å². The third kappa shape index (κ3) is 5.76. The molecule has 3 aromatic rings. The van der Waals surface area contributed by atoms with Gasteiger partial charge in [0.25, 0.3) is 5.91 Å². The van der Waals surface area contributed by atoms with E-state index < -0.39 is 11.9 Å². The zero-order chi connectivity index (χ0) is 27.5. The molecule has 0 spiro atoms. The van der Waals surface area contributed by atoms with E-state index in [9.17, 15) is 14.4 Å². The Labute approximate surface area is 233 Å². The Morgan fingerprint density at radius 2 is 1.85 bits per heavy atom. The van der Waals surface area contributed by atoms with Crippen molar-refractivity contribution >= 4 is 17.7 Å². The van der Waals surface area contributed by atoms with Crippen LogP contribution in [-0.4, -0.2) is 63.8 Å². The van der Waals surface area contributed by atoms with E-state index in [4.69, 9.17) is 4.74 Å². The number of aromatic nitrogens is 1. The van der Waals surface area contributed by atoms with Gasteiger partial charge in [-0.05, 0) is 54.3 Å². The van der Waals surface area contributed by atoms with Crippen LogP contribution in [0, 0.1) is 0 Å². The third-order valence-electron chi connectivity index (χ3n) is 7.95. The summed E-state index contributed by atoms with van der Waals surface area (Å²) in [7, 11) is 0. The van der Waals surface area contributed by atoms with Gasteiger partial charge in [-0.15, -0.1) is 0 Å². The molecule has 1 unspecified atom stereocenters. The summed E-state index contributed by atoms with van der Waals surface area (Å²) < 4.78 is 6.62. The van der Waals surface area contributed by atoms with Gasteiger partial charge >= 0.3 is 0 Å². The van der Waals surface area contributed by atoms with Crippen molar-refractivity contribution in [2.75, 3.05) is 13.1 Å². The van der Waals surface area contributed by atoms with Crippen molar-refractivity contribution in [1.82, 2.24) is 25.4 Å². The lowest BCUT2D eigenvalue weighted by atomic mass is 10.0. The summed E-state index contributed by atoms with van der Waals surface area (Å²) in [5.41, 5.74) is 3.67. The lowest BCUT2D eigenvalue weighted by molar-refractivity contribution is -0.136. The van der Waals surface area contributed by atoms with Crippen LogP contribution in [0.5, 0.6) is 5.75 Å². The first-order valence-electron chi connectivity index (χ1n) is 13.9. The van der Waals surface area contributed by atoms with Crippen LogP contribution in [0.25, 0.3) is 0 Å². The number of nitrogens with one attached hydrogen (secondary N) is 2. The van der Waals surface area contributed by atoms with Crippen LogP contribution in [0.3, 0.4) is 0 Å². The fraction of sp³-hybridized carbons (Fsp3) is 0.355. The van der Waals surface area contributed by atoms with Gasteiger partial charge in [-0.25, -0.2) is 0 Å². The highest BCUT2D eigenvalue weighted by molar-refractivity contribution is 6.05. The number of carbonyl (C=O) groups is 3. The van der Waals surface area contributed by atoms with E-state index in [1.54, 1.807) is 11.0 Å². The zero-order valence-corrected chi connectivity index (χ0v) is 22.3. The number of pyridine rings is 1. The summed E-state index contributed by atoms with van der Waals surface area (Å²) in [5, 5.41) is 6.07. The van der Waals surface area contributed by atoms with Gasteiger partial charge in [-0.3, -0.25) is 29.6 Å². The SMILES string of the molecule is O=C1CCC(N2Cc3cc(O[C@@H]4CN(Cc5ccccn5)CC[C@H]4NCc4ccccc4)ccc3C2=O)C(=O)N1. The number of rotatable bonds is 8. The maximum Gasteiger partial charge on any atom is 0.255 e. The number of amides is 3. The number of hydrogen-bond donors (Lipinski definition) is 2. The zero-order valence-electron chi connectivity index (χ0n) is 22.3. The van der Waals surface area contributed by atoms with Crippen molar-refractivity contribution in [1.29, 1.82) is 0 Å². The van der Waals surface area contributed by atoms with Crippen molar-refractivity contribution in [3.8, 4) is 5.75 Å². The van der Waals surface area contributed by atoms with Gasteiger partial charge in [-0.1, -0.05) is 36.4 Å². The molecular weight excluding hydrogens is 506 g/mol. The predicted molar refractivity (Wildman–Crippen MR) is 148 cm³/mol. The van der Waals surface area contributed by atoms with E-state index in [1.165, 1.54) is 5.56 Å². The largest absolute Gasteiger partial charge is 0.487 e. The number of carbonyl (C=O) groups excluding carboxylic acids is 3. The number of nitrogens with zero attached hydrogens (tertiary/aromatic N) is 3. The Morgan fingerprint density at radius 1 is 1.00 bits per heavy atom. The Morgan fingerprint density at radius 3 is 2.65 bits per heavy atom. The van der Waals surface area contributed by atoms with Crippen LogP contribution in [0.15, 0.2) is 72.9 Å². The van der Waals surface area contributed by atoms with Crippen molar-refractivity contribution in [2.45, 2.75) is 57.1 Å². The number of ether oxygens (including phenoxy) is 1. The van der Waals surface area contributed by atoms with Crippen LogP contribution in [-0.2, 0) is 29.2 Å². The number of likely N-dealkylation sites (tertiary alicyclic amines) is 1. The second-order valence-corrected chi connectivity index (χ2v) is 10.7. The third-order valence-corrected chi connectivity index (χ3v) is 7.95. The molecule has 0 bridgehead atoms. The molecule has 0 aliphatic carbocycles. The molecule has 0 radical (unpaired) electrons. The van der Waals surface area contributed by atoms with Crippen LogP contribution < -0.4 is 15.4 Å². The first-order chi connectivity index (χ1) is 19.5. The smallest absolute Gasteiger partial charge is 0.255 e. The molecule has 9 nitrogen and oxygen atoms in total. The molecule has 40 heavy (non-hydrogen) atoms. The maximum atomic E-state index is 13.1. The molecule has 206 valence electrons. The van der Waals surface area contributed by atoms with E-state index in [0.717, 1.165) is 43.9 Å². The van der Waals surface area contributed by atoms with Gasteiger partial charge in [0, 0.05) is 56.9 Å². The summed E-state index contributed by atoms with van der Waals surface area (Å²) in [6.07, 6.45) is 3.22. The molecule has 2 N–H and O–H groups in total. The van der Waals surface area contributed by atoms with Gasteiger partial charge in [-0.2, -0.15) is 0 Å². The van der Waals surface area contributed by atoms with Gasteiger partial charge in [0.1, 0.15) is 17.9 Å². The Hall–Kier alpha value is -4.08. The first-order valence-corrected chi connectivity index (χ1v) is 13.9. The van der Waals surface area contributed by atoms with Crippen molar-refractivity contribution in [3.05, 3.63) is 95.3 Å². The topological polar surface area (TPSA) is 104 Å². The Bertz CT molecular complexity index is 1380. The molecule has 3 aliphatic heterocycles. The fourth-order valence-electron chi connectivity index (χ4n) is 5.84. The summed E-state index contributed by atoms with van der Waals surface area (Å²) in [5.74, 6) is -0.178. The summed E-state index contributed by atoms with van der Waals surface area (Å²) in [4.78, 5) is 45.5. The van der Waals surface area contributed by atoms with E-state index in [0.29, 0.717) is 24.3 Å². The molecule has 6 rings (SSSR count). The molecule has 9 heteroatoms. The molecule has 1 aromatic heterocycles. The standard InChI is InChI=1S/C31H33N5O4/c37-29-12-11-27(30(38)34-29)36-18-22-16-24(9-10-25(22)31(36)39)40-28-20-35(19-23-8-4-5-14-32-23)15-13-26(28)33-17-21-6-2-1-3-7-21/h1-10,14,16,26-28,33H,11-13,15,17-20H2,(H,34,37,38)/t26-,27?,28-/m1/s1. The van der Waals surface area contributed by atoms with E-state index >= 15 is 0 Å². The molecule has 3 atom stereocenters. The molecule has 3 amide bonds. The number of benzene rings is 2. The first kappa shape index (κ1) is 26.2. The van der Waals surface area contributed by atoms with Gasteiger partial charge in [0.2, 0.25) is 11.8 Å². The van der Waals surface area contributed by atoms with Gasteiger partial charge in [0.15, 0.2) is 0 Å². The van der Waals surface area contributed by atoms with Gasteiger partial charge in [0.05, 0.1) is 5.69 Å². The number of fused-ring (bicyclic) bond motifs is 1. The van der Waals surface area contributed by atoms with E-state index in [-0.39, 0.29) is 30.4 Å². The number of piperidine rings is 2. The second kappa shape index (κ2) is 11.6. The molecule has 2 saturated heterocycles. The lowest BCUT2D eigenvalue weighted by Crippen LogP contribution is -2.54. The van der Waals surface area contributed by atoms with Crippen molar-refractivity contribution in [2.24, 2.45) is 0 Å². The monoisotopic (exact) mass is 539 g/mol.